The summed E-state index contributed by atoms with van der Waals surface area (Å²) in [6.45, 7) is 0.232. The van der Waals surface area contributed by atoms with Crippen molar-refractivity contribution in [3.05, 3.63) is 41.7 Å². The Morgan fingerprint density at radius 1 is 1.15 bits per heavy atom. The Bertz CT molecular complexity index is 607. The largest absolute Gasteiger partial charge is 0.377 e. The Labute approximate surface area is 115 Å². The average molecular weight is 280 g/mol. The molecule has 5 nitrogen and oxygen atoms in total. The molecule has 2 aromatic rings. The SMILES string of the molecule is CNc1cc(Nc2ccc(F)cc2F)nc(COC)n1. The number of rotatable bonds is 5. The molecule has 0 atom stereocenters. The number of nitrogens with zero attached hydrogens (tertiary/aromatic N) is 2. The highest BCUT2D eigenvalue weighted by molar-refractivity contribution is 5.59. The van der Waals surface area contributed by atoms with Crippen molar-refractivity contribution in [2.24, 2.45) is 0 Å². The molecule has 0 aliphatic rings. The zero-order chi connectivity index (χ0) is 14.5. The molecule has 0 fully saturated rings. The first kappa shape index (κ1) is 14.1. The highest BCUT2D eigenvalue weighted by atomic mass is 19.1. The van der Waals surface area contributed by atoms with E-state index in [-0.39, 0.29) is 12.3 Å². The highest BCUT2D eigenvalue weighted by Gasteiger charge is 2.08. The second-order valence-electron chi connectivity index (χ2n) is 3.99. The molecular formula is C13H14F2N4O. The molecule has 0 saturated carbocycles. The van der Waals surface area contributed by atoms with Crippen LogP contribution < -0.4 is 10.6 Å². The van der Waals surface area contributed by atoms with Crippen molar-refractivity contribution in [2.75, 3.05) is 24.8 Å². The van der Waals surface area contributed by atoms with Gasteiger partial charge in [0.2, 0.25) is 0 Å². The topological polar surface area (TPSA) is 59.1 Å². The van der Waals surface area contributed by atoms with Gasteiger partial charge in [0.15, 0.2) is 5.82 Å². The summed E-state index contributed by atoms with van der Waals surface area (Å²) in [5, 5.41) is 5.66. The van der Waals surface area contributed by atoms with Crippen molar-refractivity contribution >= 4 is 17.3 Å². The van der Waals surface area contributed by atoms with Crippen molar-refractivity contribution < 1.29 is 13.5 Å². The van der Waals surface area contributed by atoms with Gasteiger partial charge < -0.3 is 15.4 Å². The lowest BCUT2D eigenvalue weighted by Crippen LogP contribution is -2.05. The molecule has 0 amide bonds. The van der Waals surface area contributed by atoms with Crippen LogP contribution in [0.25, 0.3) is 0 Å². The fourth-order valence-electron chi connectivity index (χ4n) is 1.61. The molecule has 0 saturated heterocycles. The van der Waals surface area contributed by atoms with Gasteiger partial charge in [-0.15, -0.1) is 0 Å². The number of halogens is 2. The molecule has 1 aromatic heterocycles. The normalized spacial score (nSPS) is 10.4. The van der Waals surface area contributed by atoms with Crippen LogP contribution in [-0.2, 0) is 11.3 Å². The maximum Gasteiger partial charge on any atom is 0.158 e. The summed E-state index contributed by atoms with van der Waals surface area (Å²) in [6, 6.07) is 4.89. The Kier molecular flexibility index (Phi) is 4.41. The summed E-state index contributed by atoms with van der Waals surface area (Å²) in [6.07, 6.45) is 0. The number of hydrogen-bond donors (Lipinski definition) is 2. The summed E-state index contributed by atoms with van der Waals surface area (Å²) in [4.78, 5) is 8.36. The summed E-state index contributed by atoms with van der Waals surface area (Å²) >= 11 is 0. The van der Waals surface area contributed by atoms with Gasteiger partial charge in [-0.2, -0.15) is 0 Å². The van der Waals surface area contributed by atoms with E-state index in [1.807, 2.05) is 0 Å². The molecule has 0 radical (unpaired) electrons. The maximum atomic E-state index is 13.6. The van der Waals surface area contributed by atoms with Crippen LogP contribution in [-0.4, -0.2) is 24.1 Å². The van der Waals surface area contributed by atoms with Gasteiger partial charge in [0, 0.05) is 26.3 Å². The molecule has 1 heterocycles. The first-order valence-corrected chi connectivity index (χ1v) is 5.89. The predicted octanol–water partition coefficient (Wildman–Crippen LogP) is 2.69. The predicted molar refractivity (Wildman–Crippen MR) is 71.9 cm³/mol. The molecule has 1 aromatic carbocycles. The van der Waals surface area contributed by atoms with E-state index in [1.165, 1.54) is 19.2 Å². The molecule has 0 bridgehead atoms. The lowest BCUT2D eigenvalue weighted by molar-refractivity contribution is 0.178. The number of anilines is 3. The Morgan fingerprint density at radius 2 is 1.90 bits per heavy atom. The van der Waals surface area contributed by atoms with E-state index in [2.05, 4.69) is 20.6 Å². The van der Waals surface area contributed by atoms with Crippen LogP contribution in [0.3, 0.4) is 0 Å². The number of aromatic nitrogens is 2. The zero-order valence-corrected chi connectivity index (χ0v) is 11.1. The van der Waals surface area contributed by atoms with E-state index in [1.54, 1.807) is 13.1 Å². The van der Waals surface area contributed by atoms with Crippen LogP contribution in [0.4, 0.5) is 26.1 Å². The number of hydrogen-bond acceptors (Lipinski definition) is 5. The minimum Gasteiger partial charge on any atom is -0.377 e. The van der Waals surface area contributed by atoms with Gasteiger partial charge >= 0.3 is 0 Å². The van der Waals surface area contributed by atoms with Crippen molar-refractivity contribution in [2.45, 2.75) is 6.61 Å². The smallest absolute Gasteiger partial charge is 0.158 e. The van der Waals surface area contributed by atoms with Crippen molar-refractivity contribution in [3.63, 3.8) is 0 Å². The molecular weight excluding hydrogens is 266 g/mol. The molecule has 2 rings (SSSR count). The molecule has 0 spiro atoms. The highest BCUT2D eigenvalue weighted by Crippen LogP contribution is 2.21. The molecule has 0 aliphatic heterocycles. The number of methoxy groups -OCH3 is 1. The molecule has 106 valence electrons. The maximum absolute atomic E-state index is 13.6. The van der Waals surface area contributed by atoms with Gasteiger partial charge in [0.05, 0.1) is 5.69 Å². The summed E-state index contributed by atoms with van der Waals surface area (Å²) in [5.41, 5.74) is 0.135. The fourth-order valence-corrected chi connectivity index (χ4v) is 1.61. The summed E-state index contributed by atoms with van der Waals surface area (Å²) in [7, 11) is 3.24. The first-order valence-electron chi connectivity index (χ1n) is 5.89. The van der Waals surface area contributed by atoms with Gasteiger partial charge in [-0.1, -0.05) is 0 Å². The lowest BCUT2D eigenvalue weighted by Gasteiger charge is -2.10. The van der Waals surface area contributed by atoms with E-state index >= 15 is 0 Å². The van der Waals surface area contributed by atoms with E-state index in [0.29, 0.717) is 17.5 Å². The lowest BCUT2D eigenvalue weighted by atomic mass is 10.3. The van der Waals surface area contributed by atoms with Gasteiger partial charge in [-0.25, -0.2) is 18.7 Å². The number of ether oxygens (including phenoxy) is 1. The molecule has 20 heavy (non-hydrogen) atoms. The second kappa shape index (κ2) is 6.25. The Balaban J connectivity index is 2.29. The van der Waals surface area contributed by atoms with Crippen molar-refractivity contribution in [1.82, 2.24) is 9.97 Å². The van der Waals surface area contributed by atoms with Crippen LogP contribution in [0.1, 0.15) is 5.82 Å². The van der Waals surface area contributed by atoms with Gasteiger partial charge in [-0.3, -0.25) is 0 Å². The third-order valence-corrected chi connectivity index (χ3v) is 2.50. The minimum absolute atomic E-state index is 0.135. The quantitative estimate of drug-likeness (QED) is 0.881. The molecule has 0 unspecified atom stereocenters. The summed E-state index contributed by atoms with van der Waals surface area (Å²) < 4.78 is 31.4. The number of benzene rings is 1. The van der Waals surface area contributed by atoms with Crippen LogP contribution in [0.2, 0.25) is 0 Å². The van der Waals surface area contributed by atoms with Crippen molar-refractivity contribution in [3.8, 4) is 0 Å². The van der Waals surface area contributed by atoms with Crippen LogP contribution in [0, 0.1) is 11.6 Å². The van der Waals surface area contributed by atoms with Gasteiger partial charge in [0.25, 0.3) is 0 Å². The molecule has 7 heteroatoms. The summed E-state index contributed by atoms with van der Waals surface area (Å²) in [5.74, 6) is 0.0815. The average Bonchev–Trinajstić information content (AvgIpc) is 2.42. The monoisotopic (exact) mass is 280 g/mol. The van der Waals surface area contributed by atoms with Gasteiger partial charge in [0.1, 0.15) is 29.9 Å². The first-order chi connectivity index (χ1) is 9.62. The third-order valence-electron chi connectivity index (χ3n) is 2.50. The van der Waals surface area contributed by atoms with Crippen molar-refractivity contribution in [1.29, 1.82) is 0 Å². The van der Waals surface area contributed by atoms with E-state index in [9.17, 15) is 8.78 Å². The Morgan fingerprint density at radius 3 is 2.55 bits per heavy atom. The zero-order valence-electron chi connectivity index (χ0n) is 11.1. The van der Waals surface area contributed by atoms with E-state index in [0.717, 1.165) is 6.07 Å². The van der Waals surface area contributed by atoms with E-state index < -0.39 is 11.6 Å². The third kappa shape index (κ3) is 3.39. The molecule has 2 N–H and O–H groups in total. The number of nitrogens with one attached hydrogen (secondary N) is 2. The van der Waals surface area contributed by atoms with E-state index in [4.69, 9.17) is 4.74 Å². The van der Waals surface area contributed by atoms with Gasteiger partial charge in [-0.05, 0) is 12.1 Å². The second-order valence-corrected chi connectivity index (χ2v) is 3.99. The Hall–Kier alpha value is -2.28. The van der Waals surface area contributed by atoms with Crippen LogP contribution >= 0.6 is 0 Å². The fraction of sp³-hybridized carbons (Fsp3) is 0.231. The van der Waals surface area contributed by atoms with Crippen LogP contribution in [0.5, 0.6) is 0 Å². The minimum atomic E-state index is -0.692. The van der Waals surface area contributed by atoms with Crippen LogP contribution in [0.15, 0.2) is 24.3 Å². The molecule has 0 aliphatic carbocycles. The standard InChI is InChI=1S/C13H14F2N4O/c1-16-11-6-12(19-13(18-11)7-20-2)17-10-4-3-8(14)5-9(10)15/h3-6H,7H2,1-2H3,(H2,16,17,18,19).